The topological polar surface area (TPSA) is 64.6 Å². The van der Waals surface area contributed by atoms with E-state index in [1.807, 2.05) is 51.1 Å². The van der Waals surface area contributed by atoms with Crippen LogP contribution in [0.15, 0.2) is 30.3 Å². The van der Waals surface area contributed by atoms with E-state index in [1.54, 1.807) is 7.05 Å². The lowest BCUT2D eigenvalue weighted by atomic mass is 10.1. The number of carbonyl (C=O) groups excluding carboxylic acids is 2. The molecule has 122 valence electrons. The van der Waals surface area contributed by atoms with Crippen LogP contribution in [0.1, 0.15) is 39.2 Å². The van der Waals surface area contributed by atoms with Gasteiger partial charge in [0.25, 0.3) is 0 Å². The molecule has 0 aromatic heterocycles. The summed E-state index contributed by atoms with van der Waals surface area (Å²) in [5, 5.41) is 2.87. The quantitative estimate of drug-likeness (QED) is 0.784. The normalized spacial score (nSPS) is 12.5. The fourth-order valence-corrected chi connectivity index (χ4v) is 1.86. The largest absolute Gasteiger partial charge is 0.460 e. The van der Waals surface area contributed by atoms with Crippen LogP contribution in [0.2, 0.25) is 0 Å². The van der Waals surface area contributed by atoms with Crippen molar-refractivity contribution in [2.75, 3.05) is 7.05 Å². The summed E-state index contributed by atoms with van der Waals surface area (Å²) in [5.74, 6) is -0.682. The Labute approximate surface area is 132 Å². The van der Waals surface area contributed by atoms with Crippen LogP contribution in [0, 0.1) is 0 Å². The van der Waals surface area contributed by atoms with Crippen LogP contribution in [0.3, 0.4) is 0 Å². The van der Waals surface area contributed by atoms with Crippen molar-refractivity contribution in [2.45, 2.75) is 51.9 Å². The minimum Gasteiger partial charge on any atom is -0.460 e. The van der Waals surface area contributed by atoms with Crippen LogP contribution in [0.5, 0.6) is 0 Å². The number of hydrogen-bond donors (Lipinski definition) is 1. The average Bonchev–Trinajstić information content (AvgIpc) is 2.45. The van der Waals surface area contributed by atoms with Gasteiger partial charge < -0.3 is 14.8 Å². The van der Waals surface area contributed by atoms with E-state index in [0.29, 0.717) is 6.42 Å². The number of likely N-dealkylation sites (N-methyl/N-ethyl adjacent to an activating group) is 1. The molecule has 5 heteroatoms. The highest BCUT2D eigenvalue weighted by atomic mass is 16.6. The zero-order valence-corrected chi connectivity index (χ0v) is 13.7. The number of benzene rings is 1. The fraction of sp³-hybridized carbons (Fsp3) is 0.529. The van der Waals surface area contributed by atoms with Crippen LogP contribution >= 0.6 is 0 Å². The number of hydrogen-bond acceptors (Lipinski definition) is 5. The first kappa shape index (κ1) is 18.2. The third-order valence-corrected chi connectivity index (χ3v) is 2.91. The molecule has 22 heavy (non-hydrogen) atoms. The van der Waals surface area contributed by atoms with Gasteiger partial charge in [-0.2, -0.15) is 0 Å². The predicted octanol–water partition coefficient (Wildman–Crippen LogP) is 2.44. The number of carbonyl (C=O) groups is 2. The Morgan fingerprint density at radius 2 is 1.82 bits per heavy atom. The molecule has 0 fully saturated rings. The summed E-state index contributed by atoms with van der Waals surface area (Å²) >= 11 is 0. The van der Waals surface area contributed by atoms with Crippen molar-refractivity contribution in [1.29, 1.82) is 0 Å². The van der Waals surface area contributed by atoms with Crippen molar-refractivity contribution < 1.29 is 19.1 Å². The van der Waals surface area contributed by atoms with E-state index >= 15 is 0 Å². The van der Waals surface area contributed by atoms with Gasteiger partial charge in [0.2, 0.25) is 0 Å². The molecule has 0 aliphatic heterocycles. The third-order valence-electron chi connectivity index (χ3n) is 2.91. The van der Waals surface area contributed by atoms with Crippen molar-refractivity contribution in [3.63, 3.8) is 0 Å². The van der Waals surface area contributed by atoms with Gasteiger partial charge in [0.05, 0.1) is 0 Å². The standard InChI is InChI=1S/C17H25NO4/c1-17(2,3)22-15(19)11-10-14(18-4)16(20)21-12-13-8-6-5-7-9-13/h5-9,14,18H,10-12H2,1-4H3. The summed E-state index contributed by atoms with van der Waals surface area (Å²) in [5.41, 5.74) is 0.415. The van der Waals surface area contributed by atoms with E-state index in [-0.39, 0.29) is 25.0 Å². The van der Waals surface area contributed by atoms with Crippen LogP contribution in [-0.4, -0.2) is 30.6 Å². The van der Waals surface area contributed by atoms with E-state index in [4.69, 9.17) is 9.47 Å². The molecule has 0 saturated carbocycles. The Hall–Kier alpha value is -1.88. The Bertz CT molecular complexity index is 479. The van der Waals surface area contributed by atoms with E-state index < -0.39 is 11.6 Å². The second-order valence-electron chi connectivity index (χ2n) is 6.06. The molecule has 1 unspecified atom stereocenters. The Morgan fingerprint density at radius 1 is 1.18 bits per heavy atom. The van der Waals surface area contributed by atoms with Gasteiger partial charge in [0.15, 0.2) is 0 Å². The molecule has 1 aromatic carbocycles. The molecule has 1 atom stereocenters. The van der Waals surface area contributed by atoms with E-state index in [9.17, 15) is 9.59 Å². The van der Waals surface area contributed by atoms with Crippen molar-refractivity contribution in [3.8, 4) is 0 Å². The van der Waals surface area contributed by atoms with Crippen molar-refractivity contribution in [2.24, 2.45) is 0 Å². The lowest BCUT2D eigenvalue weighted by Crippen LogP contribution is -2.36. The number of esters is 2. The van der Waals surface area contributed by atoms with Gasteiger partial charge in [-0.25, -0.2) is 0 Å². The number of nitrogens with one attached hydrogen (secondary N) is 1. The minimum absolute atomic E-state index is 0.170. The molecule has 0 heterocycles. The van der Waals surface area contributed by atoms with Crippen LogP contribution in [-0.2, 0) is 25.7 Å². The molecular formula is C17H25NO4. The maximum absolute atomic E-state index is 12.0. The molecule has 5 nitrogen and oxygen atoms in total. The Morgan fingerprint density at radius 3 is 2.36 bits per heavy atom. The zero-order valence-electron chi connectivity index (χ0n) is 13.7. The lowest BCUT2D eigenvalue weighted by Gasteiger charge is -2.20. The Kier molecular flexibility index (Phi) is 7.05. The van der Waals surface area contributed by atoms with Crippen molar-refractivity contribution in [3.05, 3.63) is 35.9 Å². The summed E-state index contributed by atoms with van der Waals surface area (Å²) < 4.78 is 10.5. The molecule has 0 amide bonds. The highest BCUT2D eigenvalue weighted by Crippen LogP contribution is 2.11. The predicted molar refractivity (Wildman–Crippen MR) is 84.2 cm³/mol. The first-order valence-electron chi connectivity index (χ1n) is 7.41. The summed E-state index contributed by atoms with van der Waals surface area (Å²) in [4.78, 5) is 23.7. The molecule has 0 saturated heterocycles. The molecule has 1 aromatic rings. The smallest absolute Gasteiger partial charge is 0.323 e. The molecule has 1 rings (SSSR count). The monoisotopic (exact) mass is 307 g/mol. The van der Waals surface area contributed by atoms with Crippen molar-refractivity contribution >= 4 is 11.9 Å². The van der Waals surface area contributed by atoms with E-state index in [1.165, 1.54) is 0 Å². The van der Waals surface area contributed by atoms with Crippen LogP contribution in [0.4, 0.5) is 0 Å². The van der Waals surface area contributed by atoms with E-state index in [2.05, 4.69) is 5.32 Å². The second-order valence-corrected chi connectivity index (χ2v) is 6.06. The van der Waals surface area contributed by atoms with Crippen molar-refractivity contribution in [1.82, 2.24) is 5.32 Å². The van der Waals surface area contributed by atoms with Gasteiger partial charge in [-0.15, -0.1) is 0 Å². The highest BCUT2D eigenvalue weighted by molar-refractivity contribution is 5.77. The summed E-state index contributed by atoms with van der Waals surface area (Å²) in [6, 6.07) is 8.95. The number of rotatable bonds is 7. The summed E-state index contributed by atoms with van der Waals surface area (Å²) in [7, 11) is 1.67. The number of ether oxygens (including phenoxy) is 2. The van der Waals surface area contributed by atoms with Crippen LogP contribution in [0.25, 0.3) is 0 Å². The molecular weight excluding hydrogens is 282 g/mol. The molecule has 0 bridgehead atoms. The van der Waals surface area contributed by atoms with Gasteiger partial charge in [-0.3, -0.25) is 9.59 Å². The molecule has 0 aliphatic rings. The second kappa shape index (κ2) is 8.54. The molecule has 1 N–H and O–H groups in total. The van der Waals surface area contributed by atoms with Gasteiger partial charge in [-0.1, -0.05) is 30.3 Å². The summed E-state index contributed by atoms with van der Waals surface area (Å²) in [6.45, 7) is 5.67. The minimum atomic E-state index is -0.517. The van der Waals surface area contributed by atoms with Gasteiger partial charge in [0.1, 0.15) is 18.2 Å². The first-order chi connectivity index (χ1) is 10.3. The van der Waals surface area contributed by atoms with Crippen LogP contribution < -0.4 is 5.32 Å². The first-order valence-corrected chi connectivity index (χ1v) is 7.41. The maximum Gasteiger partial charge on any atom is 0.323 e. The third kappa shape index (κ3) is 7.22. The average molecular weight is 307 g/mol. The fourth-order valence-electron chi connectivity index (χ4n) is 1.86. The van der Waals surface area contributed by atoms with Gasteiger partial charge >= 0.3 is 11.9 Å². The zero-order chi connectivity index (χ0) is 16.6. The highest BCUT2D eigenvalue weighted by Gasteiger charge is 2.22. The van der Waals surface area contributed by atoms with Gasteiger partial charge in [0, 0.05) is 6.42 Å². The molecule has 0 spiro atoms. The maximum atomic E-state index is 12.0. The Balaban J connectivity index is 2.39. The molecule has 0 aliphatic carbocycles. The SMILES string of the molecule is CNC(CCC(=O)OC(C)(C)C)C(=O)OCc1ccccc1. The lowest BCUT2D eigenvalue weighted by molar-refractivity contribution is -0.155. The van der Waals surface area contributed by atoms with Gasteiger partial charge in [-0.05, 0) is 39.8 Å². The summed E-state index contributed by atoms with van der Waals surface area (Å²) in [6.07, 6.45) is 0.516. The molecule has 0 radical (unpaired) electrons. The van der Waals surface area contributed by atoms with E-state index in [0.717, 1.165) is 5.56 Å².